The molecule has 0 aliphatic heterocycles. The Bertz CT molecular complexity index is 604. The summed E-state index contributed by atoms with van der Waals surface area (Å²) in [5.41, 5.74) is 0.515. The van der Waals surface area contributed by atoms with Crippen molar-refractivity contribution in [1.82, 2.24) is 9.59 Å². The minimum atomic E-state index is -0.488. The SMILES string of the molecule is CNc1snnc1COc1c(Br)cccc1[N+](=O)[O-]. The van der Waals surface area contributed by atoms with Gasteiger partial charge in [0.2, 0.25) is 5.75 Å². The maximum absolute atomic E-state index is 10.9. The predicted octanol–water partition coefficient (Wildman–Crippen LogP) is 2.83. The van der Waals surface area contributed by atoms with E-state index < -0.39 is 4.92 Å². The van der Waals surface area contributed by atoms with E-state index in [4.69, 9.17) is 4.74 Å². The van der Waals surface area contributed by atoms with Crippen LogP contribution in [0.5, 0.6) is 5.75 Å². The first-order valence-corrected chi connectivity index (χ1v) is 6.74. The van der Waals surface area contributed by atoms with Crippen LogP contribution in [0.2, 0.25) is 0 Å². The fraction of sp³-hybridized carbons (Fsp3) is 0.200. The van der Waals surface area contributed by atoms with Crippen LogP contribution < -0.4 is 10.1 Å². The summed E-state index contributed by atoms with van der Waals surface area (Å²) in [7, 11) is 1.75. The number of anilines is 1. The number of nitro benzene ring substituents is 1. The van der Waals surface area contributed by atoms with Gasteiger partial charge < -0.3 is 10.1 Å². The van der Waals surface area contributed by atoms with Gasteiger partial charge in [0, 0.05) is 24.6 Å². The largest absolute Gasteiger partial charge is 0.479 e. The van der Waals surface area contributed by atoms with Crippen LogP contribution in [0.3, 0.4) is 0 Å². The molecule has 0 amide bonds. The third kappa shape index (κ3) is 2.99. The summed E-state index contributed by atoms with van der Waals surface area (Å²) >= 11 is 4.44. The molecule has 0 saturated carbocycles. The molecule has 2 rings (SSSR count). The van der Waals surface area contributed by atoms with Gasteiger partial charge in [0.25, 0.3) is 0 Å². The van der Waals surface area contributed by atoms with Crippen LogP contribution in [0, 0.1) is 10.1 Å². The number of rotatable bonds is 5. The highest BCUT2D eigenvalue weighted by Gasteiger charge is 2.19. The van der Waals surface area contributed by atoms with E-state index in [1.165, 1.54) is 17.6 Å². The van der Waals surface area contributed by atoms with Crippen LogP contribution in [0.1, 0.15) is 5.69 Å². The van der Waals surface area contributed by atoms with Crippen molar-refractivity contribution in [3.8, 4) is 5.75 Å². The second-order valence-electron chi connectivity index (χ2n) is 3.43. The number of nitrogens with zero attached hydrogens (tertiary/aromatic N) is 3. The normalized spacial score (nSPS) is 10.2. The second kappa shape index (κ2) is 5.93. The zero-order chi connectivity index (χ0) is 13.8. The van der Waals surface area contributed by atoms with E-state index in [0.717, 1.165) is 5.00 Å². The second-order valence-corrected chi connectivity index (χ2v) is 5.04. The quantitative estimate of drug-likeness (QED) is 0.662. The third-order valence-corrected chi connectivity index (χ3v) is 3.69. The van der Waals surface area contributed by atoms with Crippen LogP contribution in [0.4, 0.5) is 10.7 Å². The van der Waals surface area contributed by atoms with Crippen LogP contribution >= 0.6 is 27.5 Å². The van der Waals surface area contributed by atoms with Crippen molar-refractivity contribution in [2.75, 3.05) is 12.4 Å². The van der Waals surface area contributed by atoms with Crippen molar-refractivity contribution < 1.29 is 9.66 Å². The smallest absolute Gasteiger partial charge is 0.312 e. The Morgan fingerprint density at radius 1 is 1.58 bits per heavy atom. The van der Waals surface area contributed by atoms with E-state index in [-0.39, 0.29) is 18.0 Å². The van der Waals surface area contributed by atoms with E-state index in [1.807, 2.05) is 0 Å². The van der Waals surface area contributed by atoms with Gasteiger partial charge in [-0.2, -0.15) is 0 Å². The summed E-state index contributed by atoms with van der Waals surface area (Å²) in [5, 5.41) is 18.5. The number of nitrogens with one attached hydrogen (secondary N) is 1. The Hall–Kier alpha value is -1.74. The van der Waals surface area contributed by atoms with E-state index in [1.54, 1.807) is 19.2 Å². The van der Waals surface area contributed by atoms with E-state index >= 15 is 0 Å². The molecular formula is C10H9BrN4O3S. The average molecular weight is 345 g/mol. The van der Waals surface area contributed by atoms with Crippen molar-refractivity contribution in [3.05, 3.63) is 38.5 Å². The number of nitro groups is 1. The Morgan fingerprint density at radius 3 is 3.05 bits per heavy atom. The Morgan fingerprint density at radius 2 is 2.37 bits per heavy atom. The molecule has 100 valence electrons. The topological polar surface area (TPSA) is 90.2 Å². The minimum absolute atomic E-state index is 0.0939. The highest BCUT2D eigenvalue weighted by molar-refractivity contribution is 9.10. The lowest BCUT2D eigenvalue weighted by Crippen LogP contribution is -2.02. The van der Waals surface area contributed by atoms with Gasteiger partial charge in [-0.3, -0.25) is 10.1 Å². The highest BCUT2D eigenvalue weighted by atomic mass is 79.9. The number of hydrogen-bond acceptors (Lipinski definition) is 7. The number of para-hydroxylation sites is 1. The molecule has 1 aromatic heterocycles. The third-order valence-electron chi connectivity index (χ3n) is 2.28. The van der Waals surface area contributed by atoms with Crippen molar-refractivity contribution in [2.24, 2.45) is 0 Å². The van der Waals surface area contributed by atoms with Crippen molar-refractivity contribution in [1.29, 1.82) is 0 Å². The molecule has 0 saturated heterocycles. The highest BCUT2D eigenvalue weighted by Crippen LogP contribution is 2.35. The van der Waals surface area contributed by atoms with Gasteiger partial charge in [0.05, 0.1) is 9.40 Å². The summed E-state index contributed by atoms with van der Waals surface area (Å²) in [6.45, 7) is 0.107. The first-order chi connectivity index (χ1) is 9.13. The maximum Gasteiger partial charge on any atom is 0.312 e. The molecule has 1 N–H and O–H groups in total. The molecule has 9 heteroatoms. The number of hydrogen-bond donors (Lipinski definition) is 1. The number of benzene rings is 1. The van der Waals surface area contributed by atoms with Crippen LogP contribution in [-0.2, 0) is 6.61 Å². The lowest BCUT2D eigenvalue weighted by atomic mass is 10.3. The monoisotopic (exact) mass is 344 g/mol. The summed E-state index contributed by atoms with van der Waals surface area (Å²) < 4.78 is 9.80. The van der Waals surface area contributed by atoms with Gasteiger partial charge >= 0.3 is 5.69 Å². The Labute approximate surface area is 121 Å². The zero-order valence-electron chi connectivity index (χ0n) is 9.79. The molecule has 1 aromatic carbocycles. The van der Waals surface area contributed by atoms with Gasteiger partial charge in [-0.05, 0) is 22.0 Å². The van der Waals surface area contributed by atoms with Gasteiger partial charge in [0.15, 0.2) is 0 Å². The molecule has 1 heterocycles. The van der Waals surface area contributed by atoms with Gasteiger partial charge in [-0.15, -0.1) is 5.10 Å². The number of halogens is 1. The molecule has 0 unspecified atom stereocenters. The van der Waals surface area contributed by atoms with Crippen LogP contribution in [0.25, 0.3) is 0 Å². The van der Waals surface area contributed by atoms with Crippen molar-refractivity contribution in [3.63, 3.8) is 0 Å². The fourth-order valence-corrected chi connectivity index (χ4v) is 2.41. The van der Waals surface area contributed by atoms with Gasteiger partial charge in [-0.25, -0.2) is 0 Å². The molecule has 0 spiro atoms. The van der Waals surface area contributed by atoms with Gasteiger partial charge in [-0.1, -0.05) is 10.6 Å². The van der Waals surface area contributed by atoms with E-state index in [2.05, 4.69) is 30.8 Å². The minimum Gasteiger partial charge on any atom is -0.479 e. The Balaban J connectivity index is 2.22. The number of ether oxygens (including phenoxy) is 1. The summed E-state index contributed by atoms with van der Waals surface area (Å²) in [5.74, 6) is 0.183. The van der Waals surface area contributed by atoms with Crippen molar-refractivity contribution >= 4 is 38.2 Å². The molecule has 0 bridgehead atoms. The standard InChI is InChI=1S/C10H9BrN4O3S/c1-12-10-7(13-14-19-10)5-18-9-6(11)3-2-4-8(9)15(16)17/h2-4,12H,5H2,1H3. The van der Waals surface area contributed by atoms with Crippen LogP contribution in [0.15, 0.2) is 22.7 Å². The first-order valence-electron chi connectivity index (χ1n) is 5.18. The Kier molecular flexibility index (Phi) is 4.27. The average Bonchev–Trinajstić information content (AvgIpc) is 2.84. The van der Waals surface area contributed by atoms with Crippen LogP contribution in [-0.4, -0.2) is 21.6 Å². The molecule has 0 fully saturated rings. The lowest BCUT2D eigenvalue weighted by molar-refractivity contribution is -0.386. The fourth-order valence-electron chi connectivity index (χ4n) is 1.42. The van der Waals surface area contributed by atoms with E-state index in [9.17, 15) is 10.1 Å². The number of aromatic nitrogens is 2. The molecule has 0 atom stereocenters. The summed E-state index contributed by atoms with van der Waals surface area (Å²) in [6, 6.07) is 4.65. The predicted molar refractivity (Wildman–Crippen MR) is 74.6 cm³/mol. The zero-order valence-corrected chi connectivity index (χ0v) is 12.2. The molecule has 19 heavy (non-hydrogen) atoms. The summed E-state index contributed by atoms with van der Waals surface area (Å²) in [6.07, 6.45) is 0. The molecule has 0 aliphatic rings. The van der Waals surface area contributed by atoms with Crippen molar-refractivity contribution in [2.45, 2.75) is 6.61 Å². The van der Waals surface area contributed by atoms with E-state index in [0.29, 0.717) is 10.2 Å². The molecule has 0 aliphatic carbocycles. The molecule has 0 radical (unpaired) electrons. The lowest BCUT2D eigenvalue weighted by Gasteiger charge is -2.07. The molecule has 7 nitrogen and oxygen atoms in total. The first kappa shape index (κ1) is 13.7. The maximum atomic E-state index is 10.9. The molecular weight excluding hydrogens is 336 g/mol. The summed E-state index contributed by atoms with van der Waals surface area (Å²) in [4.78, 5) is 10.4. The van der Waals surface area contributed by atoms with Gasteiger partial charge in [0.1, 0.15) is 17.3 Å². The molecule has 2 aromatic rings.